The molecule has 1 saturated carbocycles. The second-order valence-electron chi connectivity index (χ2n) is 9.35. The lowest BCUT2D eigenvalue weighted by Crippen LogP contribution is -2.50. The zero-order chi connectivity index (χ0) is 21.0. The summed E-state index contributed by atoms with van der Waals surface area (Å²) in [5, 5.41) is 6.79. The van der Waals surface area contributed by atoms with Gasteiger partial charge in [-0.3, -0.25) is 4.99 Å². The molecule has 1 aromatic carbocycles. The van der Waals surface area contributed by atoms with Gasteiger partial charge < -0.3 is 10.6 Å². The number of guanidine groups is 1. The van der Waals surface area contributed by atoms with E-state index in [1.807, 2.05) is 6.92 Å². The van der Waals surface area contributed by atoms with Gasteiger partial charge in [-0.15, -0.1) is 24.0 Å². The van der Waals surface area contributed by atoms with Crippen LogP contribution in [0.25, 0.3) is 0 Å². The normalized spacial score (nSPS) is 17.7. The zero-order valence-electron chi connectivity index (χ0n) is 18.7. The molecule has 1 aliphatic rings. The van der Waals surface area contributed by atoms with Crippen LogP contribution >= 0.6 is 24.0 Å². The predicted molar refractivity (Wildman–Crippen MR) is 134 cm³/mol. The molecule has 0 radical (unpaired) electrons. The quantitative estimate of drug-likeness (QED) is 0.315. The van der Waals surface area contributed by atoms with Gasteiger partial charge >= 0.3 is 0 Å². The predicted octanol–water partition coefficient (Wildman–Crippen LogP) is 4.01. The molecule has 5 nitrogen and oxygen atoms in total. The molecule has 29 heavy (non-hydrogen) atoms. The van der Waals surface area contributed by atoms with Gasteiger partial charge in [0.25, 0.3) is 0 Å². The van der Waals surface area contributed by atoms with Gasteiger partial charge in [-0.25, -0.2) is 8.42 Å². The largest absolute Gasteiger partial charge is 0.356 e. The number of nitrogens with zero attached hydrogens (tertiary/aromatic N) is 1. The molecule has 0 heterocycles. The summed E-state index contributed by atoms with van der Waals surface area (Å²) in [4.78, 5) is 4.32. The summed E-state index contributed by atoms with van der Waals surface area (Å²) in [5.41, 5.74) is 3.07. The zero-order valence-corrected chi connectivity index (χ0v) is 21.9. The van der Waals surface area contributed by atoms with Gasteiger partial charge in [0, 0.05) is 31.3 Å². The van der Waals surface area contributed by atoms with Gasteiger partial charge in [-0.05, 0) is 42.7 Å². The van der Waals surface area contributed by atoms with Crippen LogP contribution in [0.3, 0.4) is 0 Å². The molecule has 1 aliphatic carbocycles. The number of hydrogen-bond donors (Lipinski definition) is 2. The number of sulfone groups is 1. The van der Waals surface area contributed by atoms with Gasteiger partial charge in [0.1, 0.15) is 9.84 Å². The number of nitrogens with one attached hydrogen (secondary N) is 2. The Morgan fingerprint density at radius 3 is 2.21 bits per heavy atom. The van der Waals surface area contributed by atoms with E-state index >= 15 is 0 Å². The lowest BCUT2D eigenvalue weighted by atomic mass is 9.64. The number of halogens is 1. The van der Waals surface area contributed by atoms with Crippen LogP contribution in [0.4, 0.5) is 0 Å². The SMILES string of the molecule is CN=C(NCC1(c2ccc(C(C)(C)C)cc2)CCC1)NC(C)CCS(C)(=O)=O.I. The lowest BCUT2D eigenvalue weighted by molar-refractivity contribution is 0.243. The highest BCUT2D eigenvalue weighted by atomic mass is 127. The number of hydrogen-bond acceptors (Lipinski definition) is 3. The van der Waals surface area contributed by atoms with Crippen molar-refractivity contribution in [2.45, 2.75) is 70.3 Å². The van der Waals surface area contributed by atoms with Crippen molar-refractivity contribution in [3.05, 3.63) is 35.4 Å². The monoisotopic (exact) mass is 535 g/mol. The minimum absolute atomic E-state index is 0. The van der Waals surface area contributed by atoms with Gasteiger partial charge in [-0.2, -0.15) is 0 Å². The molecule has 1 aromatic rings. The summed E-state index contributed by atoms with van der Waals surface area (Å²) >= 11 is 0. The maximum Gasteiger partial charge on any atom is 0.191 e. The van der Waals surface area contributed by atoms with E-state index in [-0.39, 0.29) is 46.6 Å². The molecule has 0 aromatic heterocycles. The summed E-state index contributed by atoms with van der Waals surface area (Å²) in [5.74, 6) is 0.918. The van der Waals surface area contributed by atoms with Crippen LogP contribution in [0.1, 0.15) is 64.5 Å². The third-order valence-corrected chi connectivity index (χ3v) is 6.77. The Hall–Kier alpha value is -0.830. The standard InChI is InChI=1S/C22H37N3O2S.HI/c1-17(12-15-28(6,26)27)25-20(23-5)24-16-22(13-7-14-22)19-10-8-18(9-11-19)21(2,3)4;/h8-11,17H,7,12-16H2,1-6H3,(H2,23,24,25);1H. The topological polar surface area (TPSA) is 70.6 Å². The fourth-order valence-corrected chi connectivity index (χ4v) is 4.42. The van der Waals surface area contributed by atoms with Crippen molar-refractivity contribution < 1.29 is 8.42 Å². The Labute approximate surface area is 194 Å². The maximum absolute atomic E-state index is 11.4. The molecule has 2 rings (SSSR count). The first kappa shape index (κ1) is 26.2. The van der Waals surface area contributed by atoms with Crippen LogP contribution in [-0.4, -0.2) is 46.0 Å². The van der Waals surface area contributed by atoms with Crippen molar-refractivity contribution in [1.82, 2.24) is 10.6 Å². The van der Waals surface area contributed by atoms with Crippen molar-refractivity contribution in [1.29, 1.82) is 0 Å². The Morgan fingerprint density at radius 2 is 1.79 bits per heavy atom. The average molecular weight is 536 g/mol. The van der Waals surface area contributed by atoms with E-state index in [1.165, 1.54) is 36.6 Å². The second-order valence-corrected chi connectivity index (χ2v) is 11.6. The molecular formula is C22H38IN3O2S. The van der Waals surface area contributed by atoms with E-state index in [2.05, 4.69) is 60.7 Å². The van der Waals surface area contributed by atoms with Gasteiger partial charge in [0.15, 0.2) is 5.96 Å². The van der Waals surface area contributed by atoms with E-state index in [9.17, 15) is 8.42 Å². The first-order chi connectivity index (χ1) is 13.0. The highest BCUT2D eigenvalue weighted by Crippen LogP contribution is 2.43. The van der Waals surface area contributed by atoms with Crippen molar-refractivity contribution in [3.63, 3.8) is 0 Å². The van der Waals surface area contributed by atoms with Crippen LogP contribution in [0, 0.1) is 0 Å². The molecule has 0 spiro atoms. The van der Waals surface area contributed by atoms with Crippen LogP contribution in [0.2, 0.25) is 0 Å². The van der Waals surface area contributed by atoms with E-state index < -0.39 is 9.84 Å². The second kappa shape index (κ2) is 10.5. The first-order valence-electron chi connectivity index (χ1n) is 10.2. The van der Waals surface area contributed by atoms with Crippen molar-refractivity contribution >= 4 is 39.8 Å². The van der Waals surface area contributed by atoms with Gasteiger partial charge in [0.2, 0.25) is 0 Å². The molecule has 0 bridgehead atoms. The number of aliphatic imine (C=N–C) groups is 1. The molecule has 1 unspecified atom stereocenters. The van der Waals surface area contributed by atoms with Gasteiger partial charge in [0.05, 0.1) is 5.75 Å². The Kier molecular flexibility index (Phi) is 9.46. The van der Waals surface area contributed by atoms with Crippen LogP contribution < -0.4 is 10.6 Å². The molecule has 1 fully saturated rings. The molecule has 2 N–H and O–H groups in total. The average Bonchev–Trinajstić information content (AvgIpc) is 2.57. The minimum Gasteiger partial charge on any atom is -0.356 e. The number of benzene rings is 1. The molecule has 0 aliphatic heterocycles. The number of rotatable bonds is 7. The Balaban J connectivity index is 0.00000420. The van der Waals surface area contributed by atoms with E-state index in [4.69, 9.17) is 0 Å². The Morgan fingerprint density at radius 1 is 1.21 bits per heavy atom. The third kappa shape index (κ3) is 7.74. The van der Waals surface area contributed by atoms with E-state index in [1.54, 1.807) is 7.05 Å². The Bertz CT molecular complexity index is 779. The summed E-state index contributed by atoms with van der Waals surface area (Å²) < 4.78 is 22.7. The van der Waals surface area contributed by atoms with Gasteiger partial charge in [-0.1, -0.05) is 51.5 Å². The first-order valence-corrected chi connectivity index (χ1v) is 12.3. The fraction of sp³-hybridized carbons (Fsp3) is 0.682. The minimum atomic E-state index is -2.94. The molecule has 166 valence electrons. The smallest absolute Gasteiger partial charge is 0.191 e. The molecule has 0 saturated heterocycles. The van der Waals surface area contributed by atoms with Crippen LogP contribution in [0.15, 0.2) is 29.3 Å². The summed E-state index contributed by atoms with van der Waals surface area (Å²) in [6, 6.07) is 9.13. The highest BCUT2D eigenvalue weighted by Gasteiger charge is 2.38. The summed E-state index contributed by atoms with van der Waals surface area (Å²) in [7, 11) is -1.19. The van der Waals surface area contributed by atoms with Crippen molar-refractivity contribution in [2.75, 3.05) is 25.6 Å². The molecule has 1 atom stereocenters. The van der Waals surface area contributed by atoms with Crippen LogP contribution in [-0.2, 0) is 20.7 Å². The third-order valence-electron chi connectivity index (χ3n) is 5.80. The van der Waals surface area contributed by atoms with Crippen molar-refractivity contribution in [2.24, 2.45) is 4.99 Å². The van der Waals surface area contributed by atoms with Crippen molar-refractivity contribution in [3.8, 4) is 0 Å². The molecule has 7 heteroatoms. The lowest BCUT2D eigenvalue weighted by Gasteiger charge is -2.43. The molecule has 0 amide bonds. The maximum atomic E-state index is 11.4. The van der Waals surface area contributed by atoms with E-state index in [0.29, 0.717) is 6.42 Å². The van der Waals surface area contributed by atoms with Crippen LogP contribution in [0.5, 0.6) is 0 Å². The fourth-order valence-electron chi connectivity index (χ4n) is 3.64. The molecular weight excluding hydrogens is 497 g/mol. The van der Waals surface area contributed by atoms with E-state index in [0.717, 1.165) is 12.5 Å². The summed E-state index contributed by atoms with van der Waals surface area (Å²) in [6.45, 7) is 9.54. The summed E-state index contributed by atoms with van der Waals surface area (Å²) in [6.07, 6.45) is 5.45. The highest BCUT2D eigenvalue weighted by molar-refractivity contribution is 14.0.